The van der Waals surface area contributed by atoms with Gasteiger partial charge in [0.05, 0.1) is 19.3 Å². The molecule has 0 saturated carbocycles. The number of carboxylic acids is 1. The van der Waals surface area contributed by atoms with Gasteiger partial charge in [-0.2, -0.15) is 0 Å². The Labute approximate surface area is 122 Å². The summed E-state index contributed by atoms with van der Waals surface area (Å²) in [4.78, 5) is 23.7. The molecule has 3 unspecified atom stereocenters. The first kappa shape index (κ1) is 13.9. The summed E-state index contributed by atoms with van der Waals surface area (Å²) in [6, 6.07) is 6.90. The number of carbonyl (C=O) groups is 2. The van der Waals surface area contributed by atoms with E-state index in [0.29, 0.717) is 6.42 Å². The molecule has 6 heteroatoms. The molecule has 2 heterocycles. The molecule has 0 aliphatic carbocycles. The van der Waals surface area contributed by atoms with Crippen LogP contribution in [0.5, 0.6) is 0 Å². The van der Waals surface area contributed by atoms with Crippen molar-refractivity contribution in [2.24, 2.45) is 5.41 Å². The maximum Gasteiger partial charge on any atom is 0.313 e. The van der Waals surface area contributed by atoms with E-state index in [-0.39, 0.29) is 25.2 Å². The number of rotatable bonds is 3. The van der Waals surface area contributed by atoms with E-state index >= 15 is 0 Å². The number of nitrogens with one attached hydrogen (secondary N) is 2. The quantitative estimate of drug-likeness (QED) is 0.760. The number of carboxylic acid groups (broad SMARTS) is 1. The molecule has 1 amide bonds. The Morgan fingerprint density at radius 1 is 1.43 bits per heavy atom. The summed E-state index contributed by atoms with van der Waals surface area (Å²) in [5, 5.41) is 15.3. The number of carbonyl (C=O) groups excluding carboxylic acids is 1. The number of anilines is 1. The minimum atomic E-state index is -1.07. The van der Waals surface area contributed by atoms with Crippen molar-refractivity contribution in [2.75, 3.05) is 18.5 Å². The molecule has 2 aliphatic heterocycles. The highest BCUT2D eigenvalue weighted by Gasteiger charge is 2.48. The number of hydrogen-bond acceptors (Lipinski definition) is 4. The minimum Gasteiger partial charge on any atom is -0.481 e. The number of fused-ring (bicyclic) bond motifs is 1. The second-order valence-corrected chi connectivity index (χ2v) is 5.86. The van der Waals surface area contributed by atoms with Crippen LogP contribution in [0.3, 0.4) is 0 Å². The third-order valence-electron chi connectivity index (χ3n) is 4.35. The van der Waals surface area contributed by atoms with Crippen LogP contribution in [0.4, 0.5) is 5.69 Å². The Balaban J connectivity index is 1.67. The fourth-order valence-corrected chi connectivity index (χ4v) is 2.81. The van der Waals surface area contributed by atoms with Crippen molar-refractivity contribution >= 4 is 17.6 Å². The zero-order chi connectivity index (χ0) is 15.0. The lowest BCUT2D eigenvalue weighted by molar-refractivity contribution is -0.149. The summed E-state index contributed by atoms with van der Waals surface area (Å²) in [7, 11) is 0. The van der Waals surface area contributed by atoms with Gasteiger partial charge in [0.15, 0.2) is 0 Å². The molecule has 1 aromatic rings. The van der Waals surface area contributed by atoms with E-state index in [0.717, 1.165) is 11.3 Å². The largest absolute Gasteiger partial charge is 0.481 e. The Morgan fingerprint density at radius 2 is 2.19 bits per heavy atom. The van der Waals surface area contributed by atoms with Crippen molar-refractivity contribution < 1.29 is 19.4 Å². The van der Waals surface area contributed by atoms with E-state index in [1.54, 1.807) is 6.92 Å². The third kappa shape index (κ3) is 2.35. The van der Waals surface area contributed by atoms with Gasteiger partial charge in [-0.3, -0.25) is 9.59 Å². The van der Waals surface area contributed by atoms with E-state index < -0.39 is 17.4 Å². The van der Waals surface area contributed by atoms with E-state index in [1.807, 2.05) is 24.3 Å². The first-order chi connectivity index (χ1) is 10.0. The van der Waals surface area contributed by atoms with Crippen molar-refractivity contribution in [3.05, 3.63) is 29.8 Å². The van der Waals surface area contributed by atoms with Crippen LogP contribution in [0.2, 0.25) is 0 Å². The maximum atomic E-state index is 12.4. The lowest BCUT2D eigenvalue weighted by Crippen LogP contribution is -2.53. The predicted molar refractivity (Wildman–Crippen MR) is 76.0 cm³/mol. The second kappa shape index (κ2) is 5.04. The van der Waals surface area contributed by atoms with E-state index in [9.17, 15) is 14.7 Å². The molecule has 21 heavy (non-hydrogen) atoms. The number of benzene rings is 1. The van der Waals surface area contributed by atoms with Crippen LogP contribution in [-0.2, 0) is 20.7 Å². The molecule has 3 N–H and O–H groups in total. The molecule has 2 aliphatic rings. The Bertz CT molecular complexity index is 564. The van der Waals surface area contributed by atoms with Gasteiger partial charge in [-0.05, 0) is 18.6 Å². The van der Waals surface area contributed by atoms with E-state index in [2.05, 4.69) is 10.6 Å². The average molecular weight is 290 g/mol. The molecule has 3 atom stereocenters. The second-order valence-electron chi connectivity index (χ2n) is 5.86. The van der Waals surface area contributed by atoms with Gasteiger partial charge >= 0.3 is 5.97 Å². The van der Waals surface area contributed by atoms with Crippen LogP contribution in [0.15, 0.2) is 24.3 Å². The van der Waals surface area contributed by atoms with Crippen LogP contribution >= 0.6 is 0 Å². The summed E-state index contributed by atoms with van der Waals surface area (Å²) in [6.45, 7) is 1.95. The lowest BCUT2D eigenvalue weighted by Gasteiger charge is -2.26. The van der Waals surface area contributed by atoms with Crippen LogP contribution < -0.4 is 10.6 Å². The van der Waals surface area contributed by atoms with Gasteiger partial charge in [0.1, 0.15) is 11.5 Å². The molecule has 1 saturated heterocycles. The fourth-order valence-electron chi connectivity index (χ4n) is 2.81. The minimum absolute atomic E-state index is 0.117. The van der Waals surface area contributed by atoms with Crippen molar-refractivity contribution in [2.45, 2.75) is 25.4 Å². The highest BCUT2D eigenvalue weighted by molar-refractivity contribution is 5.88. The Kier molecular flexibility index (Phi) is 3.33. The highest BCUT2D eigenvalue weighted by atomic mass is 16.5. The van der Waals surface area contributed by atoms with Crippen LogP contribution in [0.1, 0.15) is 12.5 Å². The Morgan fingerprint density at radius 3 is 2.90 bits per heavy atom. The summed E-state index contributed by atoms with van der Waals surface area (Å²) in [5.41, 5.74) is 0.990. The number of hydrogen-bond donors (Lipinski definition) is 3. The zero-order valence-corrected chi connectivity index (χ0v) is 11.8. The normalized spacial score (nSPS) is 30.5. The summed E-state index contributed by atoms with van der Waals surface area (Å²) in [5.74, 6) is -1.14. The molecule has 112 valence electrons. The predicted octanol–water partition coefficient (Wildman–Crippen LogP) is 0.629. The SMILES string of the molecule is CC1(C(=O)O)COCC1NC(=O)C1Cc2ccccc2N1. The zero-order valence-electron chi connectivity index (χ0n) is 11.8. The molecule has 0 radical (unpaired) electrons. The van der Waals surface area contributed by atoms with Gasteiger partial charge in [-0.1, -0.05) is 18.2 Å². The first-order valence-corrected chi connectivity index (χ1v) is 6.96. The van der Waals surface area contributed by atoms with Crippen molar-refractivity contribution in [3.8, 4) is 0 Å². The molecule has 0 spiro atoms. The summed E-state index contributed by atoms with van der Waals surface area (Å²) < 4.78 is 5.24. The number of aliphatic carboxylic acids is 1. The smallest absolute Gasteiger partial charge is 0.313 e. The van der Waals surface area contributed by atoms with Gasteiger partial charge in [-0.25, -0.2) is 0 Å². The van der Waals surface area contributed by atoms with E-state index in [4.69, 9.17) is 4.74 Å². The topological polar surface area (TPSA) is 87.7 Å². The van der Waals surface area contributed by atoms with Crippen molar-refractivity contribution in [1.82, 2.24) is 5.32 Å². The lowest BCUT2D eigenvalue weighted by atomic mass is 9.85. The van der Waals surface area contributed by atoms with Gasteiger partial charge < -0.3 is 20.5 Å². The molecule has 6 nitrogen and oxygen atoms in total. The standard InChI is InChI=1S/C15H18N2O4/c1-15(14(19)20)8-21-7-12(15)17-13(18)11-6-9-4-2-3-5-10(9)16-11/h2-5,11-12,16H,6-8H2,1H3,(H,17,18)(H,19,20). The maximum absolute atomic E-state index is 12.4. The van der Waals surface area contributed by atoms with Crippen molar-refractivity contribution in [1.29, 1.82) is 0 Å². The summed E-state index contributed by atoms with van der Waals surface area (Å²) >= 11 is 0. The molecule has 3 rings (SSSR count). The molecule has 1 fully saturated rings. The van der Waals surface area contributed by atoms with Gasteiger partial charge in [0, 0.05) is 12.1 Å². The van der Waals surface area contributed by atoms with Crippen LogP contribution in [0, 0.1) is 5.41 Å². The number of ether oxygens (including phenoxy) is 1. The van der Waals surface area contributed by atoms with Crippen molar-refractivity contribution in [3.63, 3.8) is 0 Å². The molecule has 0 bridgehead atoms. The molecular formula is C15H18N2O4. The molecule has 0 aromatic heterocycles. The fraction of sp³-hybridized carbons (Fsp3) is 0.467. The molecule has 1 aromatic carbocycles. The van der Waals surface area contributed by atoms with Gasteiger partial charge in [0.2, 0.25) is 5.91 Å². The van der Waals surface area contributed by atoms with Gasteiger partial charge in [-0.15, -0.1) is 0 Å². The van der Waals surface area contributed by atoms with Crippen LogP contribution in [0.25, 0.3) is 0 Å². The number of para-hydroxylation sites is 1. The molecular weight excluding hydrogens is 272 g/mol. The number of amides is 1. The first-order valence-electron chi connectivity index (χ1n) is 6.96. The Hall–Kier alpha value is -2.08. The monoisotopic (exact) mass is 290 g/mol. The summed E-state index contributed by atoms with van der Waals surface area (Å²) in [6.07, 6.45) is 0.610. The third-order valence-corrected chi connectivity index (χ3v) is 4.35. The average Bonchev–Trinajstić information content (AvgIpc) is 3.04. The van der Waals surface area contributed by atoms with Crippen LogP contribution in [-0.4, -0.2) is 42.3 Å². The van der Waals surface area contributed by atoms with Gasteiger partial charge in [0.25, 0.3) is 0 Å². The van der Waals surface area contributed by atoms with E-state index in [1.165, 1.54) is 0 Å². The highest BCUT2D eigenvalue weighted by Crippen LogP contribution is 2.30.